The smallest absolute Gasteiger partial charge is 0.251 e. The van der Waals surface area contributed by atoms with E-state index in [1.807, 2.05) is 0 Å². The molecule has 0 bridgehead atoms. The maximum Gasteiger partial charge on any atom is 0.251 e. The summed E-state index contributed by atoms with van der Waals surface area (Å²) in [6.45, 7) is 0.460. The fraction of sp³-hybridized carbons (Fsp3) is 0.250. The van der Waals surface area contributed by atoms with Crippen LogP contribution < -0.4 is 15.8 Å². The third kappa shape index (κ3) is 2.92. The number of benzene rings is 1. The summed E-state index contributed by atoms with van der Waals surface area (Å²) in [6.07, 6.45) is 5.59. The van der Waals surface area contributed by atoms with Crippen LogP contribution in [0.2, 0.25) is 0 Å². The number of nitrogen functional groups attached to an aromatic ring is 1. The van der Waals surface area contributed by atoms with Crippen LogP contribution in [0, 0.1) is 12.3 Å². The Hall–Kier alpha value is -2.15. The third-order valence-electron chi connectivity index (χ3n) is 2.05. The number of hydrogen-bond donors (Lipinski definition) is 2. The van der Waals surface area contributed by atoms with Crippen molar-refractivity contribution in [2.75, 3.05) is 19.4 Å². The zero-order valence-electron chi connectivity index (χ0n) is 9.12. The number of carbonyl (C=O) groups is 1. The van der Waals surface area contributed by atoms with Gasteiger partial charge in [0, 0.05) is 18.5 Å². The second kappa shape index (κ2) is 5.66. The maximum atomic E-state index is 11.6. The van der Waals surface area contributed by atoms with Crippen molar-refractivity contribution in [2.24, 2.45) is 0 Å². The van der Waals surface area contributed by atoms with Crippen molar-refractivity contribution >= 4 is 11.6 Å². The Bertz CT molecular complexity index is 422. The Morgan fingerprint density at radius 2 is 2.38 bits per heavy atom. The van der Waals surface area contributed by atoms with E-state index in [4.69, 9.17) is 16.9 Å². The summed E-state index contributed by atoms with van der Waals surface area (Å²) in [6, 6.07) is 4.88. The summed E-state index contributed by atoms with van der Waals surface area (Å²) in [5.41, 5.74) is 6.62. The van der Waals surface area contributed by atoms with Crippen molar-refractivity contribution in [2.45, 2.75) is 6.42 Å². The van der Waals surface area contributed by atoms with Crippen molar-refractivity contribution < 1.29 is 9.53 Å². The molecule has 1 aromatic carbocycles. The SMILES string of the molecule is C#CCCNC(=O)c1ccc(OC)c(N)c1. The molecule has 0 unspecified atom stereocenters. The summed E-state index contributed by atoms with van der Waals surface area (Å²) in [4.78, 5) is 11.6. The minimum Gasteiger partial charge on any atom is -0.495 e. The maximum absolute atomic E-state index is 11.6. The molecule has 0 spiro atoms. The molecule has 1 rings (SSSR count). The first-order chi connectivity index (χ1) is 7.69. The number of carbonyl (C=O) groups excluding carboxylic acids is 1. The number of amides is 1. The third-order valence-corrected chi connectivity index (χ3v) is 2.05. The first-order valence-corrected chi connectivity index (χ1v) is 4.84. The summed E-state index contributed by atoms with van der Waals surface area (Å²) in [5, 5.41) is 2.69. The zero-order chi connectivity index (χ0) is 12.0. The Labute approximate surface area is 94.8 Å². The molecule has 3 N–H and O–H groups in total. The van der Waals surface area contributed by atoms with Crippen LogP contribution in [-0.4, -0.2) is 19.6 Å². The highest BCUT2D eigenvalue weighted by atomic mass is 16.5. The van der Waals surface area contributed by atoms with Crippen LogP contribution in [0.3, 0.4) is 0 Å². The predicted molar refractivity (Wildman–Crippen MR) is 63.2 cm³/mol. The van der Waals surface area contributed by atoms with E-state index in [0.29, 0.717) is 30.0 Å². The van der Waals surface area contributed by atoms with Crippen LogP contribution >= 0.6 is 0 Å². The highest BCUT2D eigenvalue weighted by molar-refractivity contribution is 5.95. The number of anilines is 1. The van der Waals surface area contributed by atoms with Crippen LogP contribution in [0.25, 0.3) is 0 Å². The van der Waals surface area contributed by atoms with E-state index in [9.17, 15) is 4.79 Å². The summed E-state index contributed by atoms with van der Waals surface area (Å²) in [5.74, 6) is 2.81. The average Bonchev–Trinajstić information content (AvgIpc) is 2.29. The lowest BCUT2D eigenvalue weighted by Crippen LogP contribution is -2.24. The molecule has 0 fully saturated rings. The number of methoxy groups -OCH3 is 1. The molecule has 4 nitrogen and oxygen atoms in total. The molecular weight excluding hydrogens is 204 g/mol. The first kappa shape index (κ1) is 11.9. The molecule has 1 amide bonds. The molecule has 0 aliphatic carbocycles. The summed E-state index contributed by atoms with van der Waals surface area (Å²) in [7, 11) is 1.53. The monoisotopic (exact) mass is 218 g/mol. The molecule has 0 saturated carbocycles. The molecule has 0 aromatic heterocycles. The van der Waals surface area contributed by atoms with E-state index in [1.165, 1.54) is 7.11 Å². The molecular formula is C12H14N2O2. The second-order valence-electron chi connectivity index (χ2n) is 3.17. The van der Waals surface area contributed by atoms with Crippen molar-refractivity contribution in [3.63, 3.8) is 0 Å². The molecule has 0 aliphatic rings. The van der Waals surface area contributed by atoms with Gasteiger partial charge in [-0.1, -0.05) is 0 Å². The van der Waals surface area contributed by atoms with E-state index in [-0.39, 0.29) is 5.91 Å². The van der Waals surface area contributed by atoms with Crippen LogP contribution in [0.4, 0.5) is 5.69 Å². The van der Waals surface area contributed by atoms with Gasteiger partial charge in [-0.05, 0) is 18.2 Å². The van der Waals surface area contributed by atoms with Gasteiger partial charge in [0.05, 0.1) is 12.8 Å². The highest BCUT2D eigenvalue weighted by Crippen LogP contribution is 2.21. The van der Waals surface area contributed by atoms with E-state index in [1.54, 1.807) is 18.2 Å². The van der Waals surface area contributed by atoms with Gasteiger partial charge in [-0.2, -0.15) is 0 Å². The van der Waals surface area contributed by atoms with Crippen LogP contribution in [0.15, 0.2) is 18.2 Å². The standard InChI is InChI=1S/C12H14N2O2/c1-3-4-7-14-12(15)9-5-6-11(16-2)10(13)8-9/h1,5-6,8H,4,7,13H2,2H3,(H,14,15). The minimum atomic E-state index is -0.190. The minimum absolute atomic E-state index is 0.190. The molecule has 16 heavy (non-hydrogen) atoms. The average molecular weight is 218 g/mol. The van der Waals surface area contributed by atoms with Crippen LogP contribution in [0.1, 0.15) is 16.8 Å². The van der Waals surface area contributed by atoms with Crippen molar-refractivity contribution in [1.29, 1.82) is 0 Å². The lowest BCUT2D eigenvalue weighted by molar-refractivity contribution is 0.0954. The van der Waals surface area contributed by atoms with Crippen molar-refractivity contribution in [3.8, 4) is 18.1 Å². The number of hydrogen-bond acceptors (Lipinski definition) is 3. The lowest BCUT2D eigenvalue weighted by atomic mass is 10.1. The Balaban J connectivity index is 2.70. The number of nitrogens with two attached hydrogens (primary N) is 1. The van der Waals surface area contributed by atoms with Gasteiger partial charge in [0.25, 0.3) is 5.91 Å². The normalized spacial score (nSPS) is 9.25. The van der Waals surface area contributed by atoms with Gasteiger partial charge in [0.15, 0.2) is 0 Å². The Morgan fingerprint density at radius 1 is 1.62 bits per heavy atom. The van der Waals surface area contributed by atoms with Gasteiger partial charge in [0.1, 0.15) is 5.75 Å². The van der Waals surface area contributed by atoms with Crippen molar-refractivity contribution in [1.82, 2.24) is 5.32 Å². The molecule has 0 atom stereocenters. The molecule has 4 heteroatoms. The molecule has 84 valence electrons. The number of rotatable bonds is 4. The van der Waals surface area contributed by atoms with Crippen molar-refractivity contribution in [3.05, 3.63) is 23.8 Å². The van der Waals surface area contributed by atoms with Gasteiger partial charge in [-0.3, -0.25) is 4.79 Å². The number of ether oxygens (including phenoxy) is 1. The van der Waals surface area contributed by atoms with E-state index < -0.39 is 0 Å². The Morgan fingerprint density at radius 3 is 2.94 bits per heavy atom. The van der Waals surface area contributed by atoms with E-state index in [2.05, 4.69) is 11.2 Å². The fourth-order valence-electron chi connectivity index (χ4n) is 1.23. The van der Waals surface area contributed by atoms with Gasteiger partial charge in [-0.25, -0.2) is 0 Å². The molecule has 0 radical (unpaired) electrons. The van der Waals surface area contributed by atoms with Gasteiger partial charge in [-0.15, -0.1) is 12.3 Å². The fourth-order valence-corrected chi connectivity index (χ4v) is 1.23. The topological polar surface area (TPSA) is 64.3 Å². The van der Waals surface area contributed by atoms with Crippen LogP contribution in [0.5, 0.6) is 5.75 Å². The summed E-state index contributed by atoms with van der Waals surface area (Å²) >= 11 is 0. The highest BCUT2D eigenvalue weighted by Gasteiger charge is 2.07. The first-order valence-electron chi connectivity index (χ1n) is 4.84. The quantitative estimate of drug-likeness (QED) is 0.450. The van der Waals surface area contributed by atoms with Gasteiger partial charge in [0.2, 0.25) is 0 Å². The Kier molecular flexibility index (Phi) is 4.22. The molecule has 0 aliphatic heterocycles. The second-order valence-corrected chi connectivity index (χ2v) is 3.17. The zero-order valence-corrected chi connectivity index (χ0v) is 9.12. The van der Waals surface area contributed by atoms with E-state index in [0.717, 1.165) is 0 Å². The van der Waals surface area contributed by atoms with E-state index >= 15 is 0 Å². The molecule has 0 heterocycles. The number of terminal acetylenes is 1. The number of nitrogens with one attached hydrogen (secondary N) is 1. The predicted octanol–water partition coefficient (Wildman–Crippen LogP) is 1.03. The summed E-state index contributed by atoms with van der Waals surface area (Å²) < 4.78 is 5.00. The van der Waals surface area contributed by atoms with Gasteiger partial charge < -0.3 is 15.8 Å². The molecule has 1 aromatic rings. The van der Waals surface area contributed by atoms with Crippen LogP contribution in [-0.2, 0) is 0 Å². The lowest BCUT2D eigenvalue weighted by Gasteiger charge is -2.07. The largest absolute Gasteiger partial charge is 0.495 e. The molecule has 0 saturated heterocycles. The van der Waals surface area contributed by atoms with Gasteiger partial charge >= 0.3 is 0 Å².